The average molecular weight is 214 g/mol. The van der Waals surface area contributed by atoms with Gasteiger partial charge in [-0.05, 0) is 38.5 Å². The van der Waals surface area contributed by atoms with Crippen molar-refractivity contribution < 1.29 is 19.7 Å². The lowest BCUT2D eigenvalue weighted by Gasteiger charge is -2.53. The molecule has 2 N–H and O–H groups in total. The predicted octanol–water partition coefficient (Wildman–Crippen LogP) is 1.03. The Hall–Kier alpha value is -0.610. The third-order valence-electron chi connectivity index (χ3n) is 3.76. The van der Waals surface area contributed by atoms with Crippen LogP contribution in [-0.4, -0.2) is 35.0 Å². The van der Waals surface area contributed by atoms with Crippen molar-refractivity contribution in [1.29, 1.82) is 0 Å². The van der Waals surface area contributed by atoms with Crippen molar-refractivity contribution in [1.82, 2.24) is 0 Å². The minimum Gasteiger partial charge on any atom is -0.481 e. The summed E-state index contributed by atoms with van der Waals surface area (Å²) in [6.45, 7) is 2.98. The Morgan fingerprint density at radius 2 is 2.13 bits per heavy atom. The second-order valence-corrected chi connectivity index (χ2v) is 5.23. The van der Waals surface area contributed by atoms with Crippen LogP contribution >= 0.6 is 0 Å². The number of aliphatic hydroxyl groups is 1. The number of aliphatic carboxylic acids is 1. The van der Waals surface area contributed by atoms with Gasteiger partial charge in [0.2, 0.25) is 0 Å². The lowest BCUT2D eigenvalue weighted by atomic mass is 9.53. The van der Waals surface area contributed by atoms with Crippen LogP contribution in [0.15, 0.2) is 0 Å². The van der Waals surface area contributed by atoms with E-state index in [0.29, 0.717) is 19.4 Å². The monoisotopic (exact) mass is 214 g/mol. The molecule has 4 heteroatoms. The second kappa shape index (κ2) is 3.46. The summed E-state index contributed by atoms with van der Waals surface area (Å²) in [5.74, 6) is -0.700. The fourth-order valence-electron chi connectivity index (χ4n) is 3.10. The Bertz CT molecular complexity index is 258. The van der Waals surface area contributed by atoms with E-state index in [1.165, 1.54) is 0 Å². The maximum Gasteiger partial charge on any atom is 0.310 e. The van der Waals surface area contributed by atoms with Gasteiger partial charge in [0.15, 0.2) is 0 Å². The summed E-state index contributed by atoms with van der Waals surface area (Å²) >= 11 is 0. The standard InChI is InChI=1S/C11H18O4/c1-10(14)6-11(7-10,9(12)13)8-3-2-4-15-5-8/h8,14H,2-7H2,1H3,(H,12,13). The summed E-state index contributed by atoms with van der Waals surface area (Å²) < 4.78 is 5.34. The van der Waals surface area contributed by atoms with Gasteiger partial charge in [0.1, 0.15) is 0 Å². The maximum absolute atomic E-state index is 11.3. The van der Waals surface area contributed by atoms with E-state index in [9.17, 15) is 15.0 Å². The molecule has 2 aliphatic rings. The smallest absolute Gasteiger partial charge is 0.310 e. The third-order valence-corrected chi connectivity index (χ3v) is 3.76. The Labute approximate surface area is 89.2 Å². The molecule has 1 aliphatic heterocycles. The summed E-state index contributed by atoms with van der Waals surface area (Å²) in [5.41, 5.74) is -1.53. The van der Waals surface area contributed by atoms with Crippen LogP contribution in [0.2, 0.25) is 0 Å². The van der Waals surface area contributed by atoms with Gasteiger partial charge < -0.3 is 14.9 Å². The van der Waals surface area contributed by atoms with Crippen molar-refractivity contribution in [2.75, 3.05) is 13.2 Å². The first-order valence-electron chi connectivity index (χ1n) is 5.50. The number of carboxylic acids is 1. The molecule has 1 aliphatic carbocycles. The van der Waals surface area contributed by atoms with Crippen LogP contribution < -0.4 is 0 Å². The summed E-state index contributed by atoms with van der Waals surface area (Å²) in [4.78, 5) is 11.3. The van der Waals surface area contributed by atoms with Crippen LogP contribution in [0.5, 0.6) is 0 Å². The summed E-state index contributed by atoms with van der Waals surface area (Å²) in [7, 11) is 0. The van der Waals surface area contributed by atoms with Gasteiger partial charge >= 0.3 is 5.97 Å². The molecule has 1 saturated heterocycles. The minimum atomic E-state index is -0.796. The molecule has 0 aromatic carbocycles. The molecule has 1 atom stereocenters. The molecule has 0 aromatic rings. The van der Waals surface area contributed by atoms with Crippen molar-refractivity contribution in [3.8, 4) is 0 Å². The molecule has 4 nitrogen and oxygen atoms in total. The van der Waals surface area contributed by atoms with E-state index in [0.717, 1.165) is 19.4 Å². The Morgan fingerprint density at radius 3 is 2.53 bits per heavy atom. The highest BCUT2D eigenvalue weighted by Gasteiger charge is 2.60. The fraction of sp³-hybridized carbons (Fsp3) is 0.909. The minimum absolute atomic E-state index is 0.0731. The normalized spacial score (nSPS) is 45.9. The van der Waals surface area contributed by atoms with Crippen LogP contribution in [0, 0.1) is 11.3 Å². The molecule has 1 unspecified atom stereocenters. The van der Waals surface area contributed by atoms with E-state index in [-0.39, 0.29) is 5.92 Å². The molecule has 1 saturated carbocycles. The van der Waals surface area contributed by atoms with E-state index < -0.39 is 17.0 Å². The predicted molar refractivity (Wildman–Crippen MR) is 53.5 cm³/mol. The van der Waals surface area contributed by atoms with Crippen molar-refractivity contribution in [2.45, 2.75) is 38.2 Å². The molecule has 86 valence electrons. The number of hydrogen-bond donors (Lipinski definition) is 2. The van der Waals surface area contributed by atoms with Gasteiger partial charge in [-0.25, -0.2) is 0 Å². The quantitative estimate of drug-likeness (QED) is 0.720. The van der Waals surface area contributed by atoms with Gasteiger partial charge in [-0.15, -0.1) is 0 Å². The fourth-order valence-corrected chi connectivity index (χ4v) is 3.10. The van der Waals surface area contributed by atoms with Crippen molar-refractivity contribution in [3.63, 3.8) is 0 Å². The summed E-state index contributed by atoms with van der Waals surface area (Å²) in [6, 6.07) is 0. The van der Waals surface area contributed by atoms with Gasteiger partial charge in [0.05, 0.1) is 17.6 Å². The van der Waals surface area contributed by atoms with E-state index in [4.69, 9.17) is 4.74 Å². The van der Waals surface area contributed by atoms with Gasteiger partial charge in [-0.3, -0.25) is 4.79 Å². The Morgan fingerprint density at radius 1 is 1.47 bits per heavy atom. The first-order chi connectivity index (χ1) is 6.96. The number of carboxylic acid groups (broad SMARTS) is 1. The van der Waals surface area contributed by atoms with Crippen LogP contribution in [-0.2, 0) is 9.53 Å². The molecular weight excluding hydrogens is 196 g/mol. The van der Waals surface area contributed by atoms with Crippen LogP contribution in [0.3, 0.4) is 0 Å². The molecule has 15 heavy (non-hydrogen) atoms. The first kappa shape index (κ1) is 10.9. The van der Waals surface area contributed by atoms with Crippen LogP contribution in [0.4, 0.5) is 0 Å². The SMILES string of the molecule is CC1(O)CC(C(=O)O)(C2CCCOC2)C1. The van der Waals surface area contributed by atoms with Crippen molar-refractivity contribution >= 4 is 5.97 Å². The highest BCUT2D eigenvalue weighted by molar-refractivity contribution is 5.77. The van der Waals surface area contributed by atoms with E-state index in [2.05, 4.69) is 0 Å². The van der Waals surface area contributed by atoms with Crippen LogP contribution in [0.1, 0.15) is 32.6 Å². The van der Waals surface area contributed by atoms with E-state index in [1.54, 1.807) is 6.92 Å². The summed E-state index contributed by atoms with van der Waals surface area (Å²) in [5, 5.41) is 19.0. The lowest BCUT2D eigenvalue weighted by molar-refractivity contribution is -0.197. The van der Waals surface area contributed by atoms with Gasteiger partial charge in [-0.2, -0.15) is 0 Å². The molecule has 1 heterocycles. The topological polar surface area (TPSA) is 66.8 Å². The van der Waals surface area contributed by atoms with E-state index >= 15 is 0 Å². The molecular formula is C11H18O4. The van der Waals surface area contributed by atoms with Gasteiger partial charge in [-0.1, -0.05) is 0 Å². The number of carbonyl (C=O) groups is 1. The van der Waals surface area contributed by atoms with Gasteiger partial charge in [0.25, 0.3) is 0 Å². The Balaban J connectivity index is 2.10. The zero-order valence-electron chi connectivity index (χ0n) is 9.03. The zero-order chi connectivity index (χ0) is 11.1. The highest BCUT2D eigenvalue weighted by atomic mass is 16.5. The first-order valence-corrected chi connectivity index (χ1v) is 5.50. The van der Waals surface area contributed by atoms with E-state index in [1.807, 2.05) is 0 Å². The number of rotatable bonds is 2. The zero-order valence-corrected chi connectivity index (χ0v) is 9.03. The van der Waals surface area contributed by atoms with Crippen molar-refractivity contribution in [2.24, 2.45) is 11.3 Å². The van der Waals surface area contributed by atoms with Crippen molar-refractivity contribution in [3.05, 3.63) is 0 Å². The third kappa shape index (κ3) is 1.76. The molecule has 0 spiro atoms. The summed E-state index contributed by atoms with van der Waals surface area (Å²) in [6.07, 6.45) is 2.57. The molecule has 0 radical (unpaired) electrons. The van der Waals surface area contributed by atoms with Crippen LogP contribution in [0.25, 0.3) is 0 Å². The highest BCUT2D eigenvalue weighted by Crippen LogP contribution is 2.55. The largest absolute Gasteiger partial charge is 0.481 e. The average Bonchev–Trinajstić information content (AvgIpc) is 2.14. The number of ether oxygens (including phenoxy) is 1. The molecule has 2 rings (SSSR count). The molecule has 0 aromatic heterocycles. The molecule has 2 fully saturated rings. The number of hydrogen-bond acceptors (Lipinski definition) is 3. The maximum atomic E-state index is 11.3. The second-order valence-electron chi connectivity index (χ2n) is 5.23. The lowest BCUT2D eigenvalue weighted by Crippen LogP contribution is -2.59. The van der Waals surface area contributed by atoms with Gasteiger partial charge in [0, 0.05) is 6.61 Å². The molecule has 0 amide bonds. The molecule has 0 bridgehead atoms. The Kier molecular flexibility index (Phi) is 2.51.